The van der Waals surface area contributed by atoms with Crippen molar-refractivity contribution < 1.29 is 4.79 Å². The van der Waals surface area contributed by atoms with Crippen LogP contribution in [-0.2, 0) is 0 Å². The van der Waals surface area contributed by atoms with Crippen molar-refractivity contribution >= 4 is 49.1 Å². The summed E-state index contributed by atoms with van der Waals surface area (Å²) in [5, 5.41) is 3.20. The highest BCUT2D eigenvalue weighted by atomic mass is 79.9. The van der Waals surface area contributed by atoms with E-state index in [1.165, 1.54) is 37.3 Å². The molecule has 0 aliphatic carbocycles. The van der Waals surface area contributed by atoms with E-state index in [0.29, 0.717) is 12.0 Å². The van der Waals surface area contributed by atoms with Crippen LogP contribution in [0.15, 0.2) is 14.3 Å². The van der Waals surface area contributed by atoms with E-state index in [0.717, 1.165) is 19.7 Å². The van der Waals surface area contributed by atoms with Crippen molar-refractivity contribution in [1.82, 2.24) is 10.2 Å². The lowest BCUT2D eigenvalue weighted by Crippen LogP contribution is -2.57. The summed E-state index contributed by atoms with van der Waals surface area (Å²) in [6.45, 7) is 3.42. The van der Waals surface area contributed by atoms with Crippen LogP contribution in [0, 0.1) is 5.92 Å². The number of fused-ring (bicyclic) bond motifs is 3. The molecule has 6 heteroatoms. The molecule has 3 aliphatic heterocycles. The Labute approximate surface area is 127 Å². The average Bonchev–Trinajstić information content (AvgIpc) is 2.71. The molecule has 1 atom stereocenters. The Bertz CT molecular complexity index is 449. The molecule has 3 nitrogen and oxygen atoms in total. The molecule has 4 heterocycles. The first kappa shape index (κ1) is 13.1. The van der Waals surface area contributed by atoms with Crippen molar-refractivity contribution in [3.63, 3.8) is 0 Å². The molecule has 0 spiro atoms. The Balaban J connectivity index is 1.67. The van der Waals surface area contributed by atoms with E-state index in [-0.39, 0.29) is 5.91 Å². The quantitative estimate of drug-likeness (QED) is 0.837. The predicted octanol–water partition coefficient (Wildman–Crippen LogP) is 3.10. The van der Waals surface area contributed by atoms with Crippen molar-refractivity contribution in [1.29, 1.82) is 0 Å². The number of halogens is 2. The number of amides is 1. The second-order valence-corrected chi connectivity index (χ2v) is 8.17. The maximum absolute atomic E-state index is 12.2. The van der Waals surface area contributed by atoms with Crippen LogP contribution in [0.3, 0.4) is 0 Å². The molecule has 4 rings (SSSR count). The maximum atomic E-state index is 12.2. The van der Waals surface area contributed by atoms with Gasteiger partial charge in [-0.15, -0.1) is 11.3 Å². The number of piperidine rings is 3. The molecule has 1 amide bonds. The molecule has 0 saturated carbocycles. The molecule has 0 radical (unpaired) electrons. The van der Waals surface area contributed by atoms with Gasteiger partial charge in [0.1, 0.15) is 0 Å². The van der Waals surface area contributed by atoms with Crippen LogP contribution in [0.5, 0.6) is 0 Å². The highest BCUT2D eigenvalue weighted by molar-refractivity contribution is 9.13. The van der Waals surface area contributed by atoms with Gasteiger partial charge in [-0.3, -0.25) is 4.79 Å². The molecular weight excluding hydrogens is 380 g/mol. The fourth-order valence-electron chi connectivity index (χ4n) is 2.83. The minimum atomic E-state index is 0.0603. The molecule has 1 N–H and O–H groups in total. The van der Waals surface area contributed by atoms with Gasteiger partial charge in [-0.25, -0.2) is 0 Å². The summed E-state index contributed by atoms with van der Waals surface area (Å²) in [5.74, 6) is 0.732. The topological polar surface area (TPSA) is 32.3 Å². The summed E-state index contributed by atoms with van der Waals surface area (Å²) in [6, 6.07) is 2.21. The summed E-state index contributed by atoms with van der Waals surface area (Å²) in [6.07, 6.45) is 2.45. The fourth-order valence-corrected chi connectivity index (χ4v) is 4.77. The summed E-state index contributed by atoms with van der Waals surface area (Å²) in [5.41, 5.74) is 0. The second kappa shape index (κ2) is 5.23. The van der Waals surface area contributed by atoms with Crippen LogP contribution in [0.1, 0.15) is 22.5 Å². The zero-order valence-electron chi connectivity index (χ0n) is 9.79. The van der Waals surface area contributed by atoms with Gasteiger partial charge in [0, 0.05) is 17.1 Å². The molecule has 1 unspecified atom stereocenters. The fraction of sp³-hybridized carbons (Fsp3) is 0.583. The summed E-state index contributed by atoms with van der Waals surface area (Å²) in [4.78, 5) is 15.4. The third-order valence-electron chi connectivity index (χ3n) is 3.84. The Morgan fingerprint density at radius 3 is 2.61 bits per heavy atom. The van der Waals surface area contributed by atoms with Crippen LogP contribution < -0.4 is 5.32 Å². The van der Waals surface area contributed by atoms with Crippen molar-refractivity contribution in [2.45, 2.75) is 18.9 Å². The lowest BCUT2D eigenvalue weighted by Gasteiger charge is -2.44. The van der Waals surface area contributed by atoms with Gasteiger partial charge in [0.2, 0.25) is 0 Å². The van der Waals surface area contributed by atoms with E-state index < -0.39 is 0 Å². The molecule has 1 aromatic heterocycles. The molecule has 3 saturated heterocycles. The van der Waals surface area contributed by atoms with E-state index >= 15 is 0 Å². The first-order valence-electron chi connectivity index (χ1n) is 6.11. The SMILES string of the molecule is O=C(NC1CN2CCC1CC2)c1cc(Br)c(Br)s1. The van der Waals surface area contributed by atoms with Crippen molar-refractivity contribution in [2.24, 2.45) is 5.92 Å². The lowest BCUT2D eigenvalue weighted by molar-refractivity contribution is 0.0622. The molecular formula is C12H14Br2N2OS. The number of nitrogens with zero attached hydrogens (tertiary/aromatic N) is 1. The molecule has 2 bridgehead atoms. The minimum Gasteiger partial charge on any atom is -0.347 e. The van der Waals surface area contributed by atoms with E-state index in [2.05, 4.69) is 42.1 Å². The van der Waals surface area contributed by atoms with E-state index in [9.17, 15) is 4.79 Å². The number of thiophene rings is 1. The van der Waals surface area contributed by atoms with Gasteiger partial charge in [-0.2, -0.15) is 0 Å². The highest BCUT2D eigenvalue weighted by Gasteiger charge is 2.35. The van der Waals surface area contributed by atoms with Crippen LogP contribution in [0.2, 0.25) is 0 Å². The lowest BCUT2D eigenvalue weighted by atomic mass is 9.84. The van der Waals surface area contributed by atoms with Gasteiger partial charge in [0.05, 0.1) is 8.66 Å². The Morgan fingerprint density at radius 2 is 2.11 bits per heavy atom. The monoisotopic (exact) mass is 392 g/mol. The van der Waals surface area contributed by atoms with Gasteiger partial charge < -0.3 is 10.2 Å². The number of carbonyl (C=O) groups is 1. The number of nitrogens with one attached hydrogen (secondary N) is 1. The van der Waals surface area contributed by atoms with Gasteiger partial charge in [0.15, 0.2) is 0 Å². The first-order chi connectivity index (χ1) is 8.63. The molecule has 3 aliphatic rings. The van der Waals surface area contributed by atoms with Crippen molar-refractivity contribution in [2.75, 3.05) is 19.6 Å². The first-order valence-corrected chi connectivity index (χ1v) is 8.52. The predicted molar refractivity (Wildman–Crippen MR) is 80.1 cm³/mol. The number of carbonyl (C=O) groups excluding carboxylic acids is 1. The Hall–Kier alpha value is 0.0900. The van der Waals surface area contributed by atoms with Crippen LogP contribution in [-0.4, -0.2) is 36.5 Å². The normalized spacial score (nSPS) is 30.4. The van der Waals surface area contributed by atoms with Crippen molar-refractivity contribution in [3.05, 3.63) is 19.2 Å². The number of hydrogen-bond acceptors (Lipinski definition) is 3. The Kier molecular flexibility index (Phi) is 3.80. The Morgan fingerprint density at radius 1 is 1.39 bits per heavy atom. The minimum absolute atomic E-state index is 0.0603. The molecule has 1 aromatic rings. The van der Waals surface area contributed by atoms with E-state index in [4.69, 9.17) is 0 Å². The smallest absolute Gasteiger partial charge is 0.261 e. The van der Waals surface area contributed by atoms with Gasteiger partial charge >= 0.3 is 0 Å². The molecule has 3 fully saturated rings. The third-order valence-corrected chi connectivity index (χ3v) is 7.10. The zero-order valence-corrected chi connectivity index (χ0v) is 13.8. The van der Waals surface area contributed by atoms with Crippen LogP contribution in [0.25, 0.3) is 0 Å². The van der Waals surface area contributed by atoms with Gasteiger partial charge in [-0.1, -0.05) is 0 Å². The standard InChI is InChI=1S/C12H14Br2N2OS/c13-8-5-10(18-11(8)14)12(17)15-9-6-16-3-1-7(9)2-4-16/h5,7,9H,1-4,6H2,(H,15,17). The van der Waals surface area contributed by atoms with Crippen LogP contribution in [0.4, 0.5) is 0 Å². The maximum Gasteiger partial charge on any atom is 0.261 e. The summed E-state index contributed by atoms with van der Waals surface area (Å²) < 4.78 is 1.92. The van der Waals surface area contributed by atoms with Gasteiger partial charge in [-0.05, 0) is 69.8 Å². The second-order valence-electron chi connectivity index (χ2n) is 4.95. The van der Waals surface area contributed by atoms with E-state index in [1.807, 2.05) is 6.07 Å². The third kappa shape index (κ3) is 2.53. The summed E-state index contributed by atoms with van der Waals surface area (Å²) >= 11 is 8.32. The zero-order chi connectivity index (χ0) is 12.7. The van der Waals surface area contributed by atoms with Gasteiger partial charge in [0.25, 0.3) is 5.91 Å². The van der Waals surface area contributed by atoms with Crippen LogP contribution >= 0.6 is 43.2 Å². The summed E-state index contributed by atoms with van der Waals surface area (Å²) in [7, 11) is 0. The molecule has 18 heavy (non-hydrogen) atoms. The molecule has 98 valence electrons. The highest BCUT2D eigenvalue weighted by Crippen LogP contribution is 2.33. The van der Waals surface area contributed by atoms with Crippen molar-refractivity contribution in [3.8, 4) is 0 Å². The van der Waals surface area contributed by atoms with E-state index in [1.54, 1.807) is 0 Å². The largest absolute Gasteiger partial charge is 0.347 e. The molecule has 0 aromatic carbocycles. The average molecular weight is 394 g/mol. The number of hydrogen-bond donors (Lipinski definition) is 1. The number of rotatable bonds is 2.